The van der Waals surface area contributed by atoms with Gasteiger partial charge in [-0.15, -0.1) is 0 Å². The Bertz CT molecular complexity index is 727. The van der Waals surface area contributed by atoms with Crippen LogP contribution in [0.5, 0.6) is 0 Å². The molecule has 0 unspecified atom stereocenters. The molecule has 0 fully saturated rings. The van der Waals surface area contributed by atoms with E-state index in [1.807, 2.05) is 31.2 Å². The van der Waals surface area contributed by atoms with Crippen molar-refractivity contribution in [3.8, 4) is 0 Å². The molecule has 2 aromatic carbocycles. The first-order valence-electron chi connectivity index (χ1n) is 6.33. The highest BCUT2D eigenvalue weighted by Gasteiger charge is 2.17. The molecule has 0 aliphatic heterocycles. The number of hydrogen-bond donors (Lipinski definition) is 1. The topological polar surface area (TPSA) is 46.2 Å². The molecule has 0 atom stereocenters. The number of sulfonamides is 1. The maximum Gasteiger partial charge on any atom is 0.216 e. The van der Waals surface area contributed by atoms with E-state index in [4.69, 9.17) is 11.6 Å². The first-order chi connectivity index (χ1) is 9.87. The maximum absolute atomic E-state index is 13.6. The third-order valence-corrected chi connectivity index (χ3v) is 4.58. The summed E-state index contributed by atoms with van der Waals surface area (Å²) in [4.78, 5) is 0. The van der Waals surface area contributed by atoms with Crippen LogP contribution < -0.4 is 4.72 Å². The van der Waals surface area contributed by atoms with Crippen molar-refractivity contribution in [1.82, 2.24) is 4.72 Å². The zero-order chi connectivity index (χ0) is 15.5. The normalized spacial score (nSPS) is 11.6. The minimum Gasteiger partial charge on any atom is -0.212 e. The van der Waals surface area contributed by atoms with E-state index in [9.17, 15) is 12.8 Å². The molecular formula is C15H15ClFNO2S. The Balaban J connectivity index is 2.09. The van der Waals surface area contributed by atoms with E-state index in [0.717, 1.165) is 11.1 Å². The summed E-state index contributed by atoms with van der Waals surface area (Å²) in [7, 11) is -3.67. The van der Waals surface area contributed by atoms with E-state index in [1.165, 1.54) is 18.2 Å². The molecule has 0 amide bonds. The first kappa shape index (κ1) is 15.9. The van der Waals surface area contributed by atoms with E-state index in [0.29, 0.717) is 0 Å². The predicted molar refractivity (Wildman–Crippen MR) is 82.1 cm³/mol. The molecule has 112 valence electrons. The number of aryl methyl sites for hydroxylation is 1. The zero-order valence-electron chi connectivity index (χ0n) is 11.4. The Morgan fingerprint density at radius 2 is 1.90 bits per heavy atom. The van der Waals surface area contributed by atoms with Crippen LogP contribution in [0.3, 0.4) is 0 Å². The number of nitrogens with one attached hydrogen (secondary N) is 1. The van der Waals surface area contributed by atoms with Gasteiger partial charge in [-0.25, -0.2) is 17.5 Å². The van der Waals surface area contributed by atoms with Crippen molar-refractivity contribution in [3.63, 3.8) is 0 Å². The summed E-state index contributed by atoms with van der Waals surface area (Å²) in [6.45, 7) is 2.09. The Morgan fingerprint density at radius 3 is 2.57 bits per heavy atom. The lowest BCUT2D eigenvalue weighted by atomic mass is 10.1. The lowest BCUT2D eigenvalue weighted by molar-refractivity contribution is 0.574. The number of benzene rings is 2. The summed E-state index contributed by atoms with van der Waals surface area (Å²) in [5.74, 6) is -1.10. The second-order valence-corrected chi connectivity index (χ2v) is 6.98. The highest BCUT2D eigenvalue weighted by Crippen LogP contribution is 2.21. The molecule has 3 nitrogen and oxygen atoms in total. The Morgan fingerprint density at radius 1 is 1.19 bits per heavy atom. The molecule has 0 spiro atoms. The van der Waals surface area contributed by atoms with Crippen LogP contribution in [-0.4, -0.2) is 8.42 Å². The molecule has 0 radical (unpaired) electrons. The highest BCUT2D eigenvalue weighted by atomic mass is 35.5. The fourth-order valence-corrected chi connectivity index (χ4v) is 3.40. The third kappa shape index (κ3) is 4.52. The standard InChI is InChI=1S/C15H15ClFNO2S/c1-11-4-2-5-12(8-11)9-18-21(19,20)10-13-14(16)6-3-7-15(13)17/h2-8,18H,9-10H2,1H3. The van der Waals surface area contributed by atoms with Gasteiger partial charge in [-0.05, 0) is 24.6 Å². The van der Waals surface area contributed by atoms with Crippen LogP contribution >= 0.6 is 11.6 Å². The summed E-state index contributed by atoms with van der Waals surface area (Å²) in [5, 5.41) is 0.107. The molecule has 0 aliphatic carbocycles. The molecule has 0 saturated carbocycles. The van der Waals surface area contributed by atoms with Crippen LogP contribution in [0, 0.1) is 12.7 Å². The first-order valence-corrected chi connectivity index (χ1v) is 8.36. The van der Waals surface area contributed by atoms with Gasteiger partial charge in [0.05, 0.1) is 5.75 Å². The van der Waals surface area contributed by atoms with Crippen molar-refractivity contribution in [2.75, 3.05) is 0 Å². The van der Waals surface area contributed by atoms with Crippen LogP contribution in [0.15, 0.2) is 42.5 Å². The fourth-order valence-electron chi connectivity index (χ4n) is 1.93. The maximum atomic E-state index is 13.6. The number of rotatable bonds is 5. The zero-order valence-corrected chi connectivity index (χ0v) is 13.0. The van der Waals surface area contributed by atoms with Crippen LogP contribution in [0.1, 0.15) is 16.7 Å². The molecule has 0 aliphatic rings. The van der Waals surface area contributed by atoms with Gasteiger partial charge in [0, 0.05) is 17.1 Å². The van der Waals surface area contributed by atoms with E-state index in [2.05, 4.69) is 4.72 Å². The quantitative estimate of drug-likeness (QED) is 0.914. The third-order valence-electron chi connectivity index (χ3n) is 2.97. The van der Waals surface area contributed by atoms with E-state index in [1.54, 1.807) is 0 Å². The van der Waals surface area contributed by atoms with Crippen LogP contribution in [0.4, 0.5) is 4.39 Å². The summed E-state index contributed by atoms with van der Waals surface area (Å²) in [5.41, 5.74) is 1.87. The monoisotopic (exact) mass is 327 g/mol. The van der Waals surface area contributed by atoms with Gasteiger partial charge < -0.3 is 0 Å². The van der Waals surface area contributed by atoms with Crippen molar-refractivity contribution in [1.29, 1.82) is 0 Å². The van der Waals surface area contributed by atoms with Crippen molar-refractivity contribution in [2.45, 2.75) is 19.2 Å². The lowest BCUT2D eigenvalue weighted by Crippen LogP contribution is -2.25. The molecule has 1 N–H and O–H groups in total. The molecule has 2 aromatic rings. The molecular weight excluding hydrogens is 313 g/mol. The lowest BCUT2D eigenvalue weighted by Gasteiger charge is -2.09. The van der Waals surface area contributed by atoms with Gasteiger partial charge in [0.1, 0.15) is 5.82 Å². The second kappa shape index (κ2) is 6.56. The van der Waals surface area contributed by atoms with Gasteiger partial charge >= 0.3 is 0 Å². The highest BCUT2D eigenvalue weighted by molar-refractivity contribution is 7.88. The van der Waals surface area contributed by atoms with Crippen LogP contribution in [0.25, 0.3) is 0 Å². The Labute approximate surface area is 128 Å². The molecule has 21 heavy (non-hydrogen) atoms. The molecule has 6 heteroatoms. The Hall–Kier alpha value is -1.43. The van der Waals surface area contributed by atoms with Crippen molar-refractivity contribution in [3.05, 3.63) is 70.0 Å². The largest absolute Gasteiger partial charge is 0.216 e. The summed E-state index contributed by atoms with van der Waals surface area (Å²) in [6.07, 6.45) is 0. The van der Waals surface area contributed by atoms with Gasteiger partial charge in [0.15, 0.2) is 0 Å². The van der Waals surface area contributed by atoms with E-state index >= 15 is 0 Å². The minimum atomic E-state index is -3.67. The molecule has 0 heterocycles. The molecule has 0 aromatic heterocycles. The van der Waals surface area contributed by atoms with Gasteiger partial charge in [0.2, 0.25) is 10.0 Å². The van der Waals surface area contributed by atoms with Crippen LogP contribution in [-0.2, 0) is 22.3 Å². The van der Waals surface area contributed by atoms with Crippen molar-refractivity contribution in [2.24, 2.45) is 0 Å². The van der Waals surface area contributed by atoms with Crippen molar-refractivity contribution >= 4 is 21.6 Å². The number of halogens is 2. The van der Waals surface area contributed by atoms with E-state index in [-0.39, 0.29) is 17.1 Å². The van der Waals surface area contributed by atoms with E-state index < -0.39 is 21.6 Å². The van der Waals surface area contributed by atoms with Crippen molar-refractivity contribution < 1.29 is 12.8 Å². The predicted octanol–water partition coefficient (Wildman–Crippen LogP) is 3.41. The minimum absolute atomic E-state index is 0.0177. The molecule has 0 saturated heterocycles. The smallest absolute Gasteiger partial charge is 0.212 e. The second-order valence-electron chi connectivity index (χ2n) is 4.77. The van der Waals surface area contributed by atoms with Gasteiger partial charge in [-0.2, -0.15) is 0 Å². The molecule has 2 rings (SSSR count). The van der Waals surface area contributed by atoms with Gasteiger partial charge in [-0.3, -0.25) is 0 Å². The molecule has 0 bridgehead atoms. The fraction of sp³-hybridized carbons (Fsp3) is 0.200. The van der Waals surface area contributed by atoms with Gasteiger partial charge in [0.25, 0.3) is 0 Å². The van der Waals surface area contributed by atoms with Crippen LogP contribution in [0.2, 0.25) is 5.02 Å². The average molecular weight is 328 g/mol. The Kier molecular flexibility index (Phi) is 4.98. The number of hydrogen-bond acceptors (Lipinski definition) is 2. The van der Waals surface area contributed by atoms with Gasteiger partial charge in [-0.1, -0.05) is 47.5 Å². The summed E-state index contributed by atoms with van der Waals surface area (Å²) < 4.78 is 40.1. The average Bonchev–Trinajstić information content (AvgIpc) is 2.41. The summed E-state index contributed by atoms with van der Waals surface area (Å²) in [6, 6.07) is 11.6. The SMILES string of the molecule is Cc1cccc(CNS(=O)(=O)Cc2c(F)cccc2Cl)c1. The summed E-state index contributed by atoms with van der Waals surface area (Å²) >= 11 is 5.84.